The highest BCUT2D eigenvalue weighted by Gasteiger charge is 2.13. The predicted molar refractivity (Wildman–Crippen MR) is 119 cm³/mol. The predicted octanol–water partition coefficient (Wildman–Crippen LogP) is 4.73. The summed E-state index contributed by atoms with van der Waals surface area (Å²) in [6.07, 6.45) is 1.40. The van der Waals surface area contributed by atoms with Crippen molar-refractivity contribution in [1.82, 2.24) is 0 Å². The molecule has 0 aliphatic heterocycles. The molecule has 0 aromatic heterocycles. The molecule has 0 radical (unpaired) electrons. The molecule has 3 aromatic carbocycles. The maximum absolute atomic E-state index is 12.5. The molecule has 0 bridgehead atoms. The van der Waals surface area contributed by atoms with Crippen molar-refractivity contribution in [3.63, 3.8) is 0 Å². The van der Waals surface area contributed by atoms with Crippen LogP contribution in [-0.2, 0) is 11.4 Å². The molecule has 0 spiro atoms. The fourth-order valence-electron chi connectivity index (χ4n) is 2.84. The van der Waals surface area contributed by atoms with Crippen LogP contribution in [0.2, 0.25) is 0 Å². The van der Waals surface area contributed by atoms with Gasteiger partial charge in [0.05, 0.1) is 12.0 Å². The minimum atomic E-state index is -0.684. The molecule has 0 atom stereocenters. The summed E-state index contributed by atoms with van der Waals surface area (Å²) in [5.41, 5.74) is 1.44. The number of methoxy groups -OCH3 is 1. The summed E-state index contributed by atoms with van der Waals surface area (Å²) in [4.78, 5) is 22.8. The third kappa shape index (κ3) is 5.70. The van der Waals surface area contributed by atoms with Crippen LogP contribution in [0.15, 0.2) is 78.4 Å². The Kier molecular flexibility index (Phi) is 7.17. The molecule has 3 aromatic rings. The van der Waals surface area contributed by atoms with Crippen molar-refractivity contribution in [2.24, 2.45) is 0 Å². The Morgan fingerprint density at radius 2 is 1.88 bits per heavy atom. The molecule has 1 N–H and O–H groups in total. The van der Waals surface area contributed by atoms with Gasteiger partial charge in [0.2, 0.25) is 0 Å². The van der Waals surface area contributed by atoms with E-state index < -0.39 is 10.8 Å². The lowest BCUT2D eigenvalue weighted by atomic mass is 10.1. The van der Waals surface area contributed by atoms with Crippen LogP contribution in [0.4, 0.5) is 11.4 Å². The van der Waals surface area contributed by atoms with Crippen LogP contribution in [0.1, 0.15) is 11.1 Å². The molecule has 160 valence electrons. The summed E-state index contributed by atoms with van der Waals surface area (Å²) >= 11 is 0. The number of nitrogens with zero attached hydrogens (tertiary/aromatic N) is 2. The third-order valence-corrected chi connectivity index (χ3v) is 4.42. The largest absolute Gasteiger partial charge is 0.493 e. The fourth-order valence-corrected chi connectivity index (χ4v) is 2.84. The zero-order valence-electron chi connectivity index (χ0n) is 17.1. The molecular formula is C24H19N3O5. The minimum Gasteiger partial charge on any atom is -0.493 e. The molecule has 8 heteroatoms. The van der Waals surface area contributed by atoms with E-state index in [0.29, 0.717) is 23.7 Å². The van der Waals surface area contributed by atoms with Crippen LogP contribution in [-0.4, -0.2) is 17.9 Å². The van der Waals surface area contributed by atoms with Crippen molar-refractivity contribution in [3.8, 4) is 17.6 Å². The summed E-state index contributed by atoms with van der Waals surface area (Å²) in [5.74, 6) is 0.287. The summed E-state index contributed by atoms with van der Waals surface area (Å²) in [7, 11) is 1.50. The number of nitrogens with one attached hydrogen (secondary N) is 1. The van der Waals surface area contributed by atoms with Crippen molar-refractivity contribution in [2.45, 2.75) is 6.61 Å². The van der Waals surface area contributed by atoms with Gasteiger partial charge < -0.3 is 14.8 Å². The normalized spacial score (nSPS) is 10.7. The molecule has 0 saturated carbocycles. The van der Waals surface area contributed by atoms with Crippen molar-refractivity contribution in [1.29, 1.82) is 5.26 Å². The first-order chi connectivity index (χ1) is 15.5. The first-order valence-electron chi connectivity index (χ1n) is 9.52. The van der Waals surface area contributed by atoms with Crippen LogP contribution >= 0.6 is 0 Å². The number of rotatable bonds is 8. The van der Waals surface area contributed by atoms with Crippen molar-refractivity contribution >= 4 is 23.4 Å². The Labute approximate surface area is 184 Å². The van der Waals surface area contributed by atoms with Crippen molar-refractivity contribution in [3.05, 3.63) is 99.6 Å². The fraction of sp³-hybridized carbons (Fsp3) is 0.0833. The second kappa shape index (κ2) is 10.4. The standard InChI is InChI=1S/C24H19N3O5/c1-31-23-13-18(10-11-22(23)32-16-17-6-3-2-4-7-17)12-19(15-25)24(28)26-20-8-5-9-21(14-20)27(29)30/h2-14H,16H2,1H3,(H,26,28)/b19-12+. The lowest BCUT2D eigenvalue weighted by Gasteiger charge is -2.11. The number of non-ortho nitro benzene ring substituents is 1. The quantitative estimate of drug-likeness (QED) is 0.240. The van der Waals surface area contributed by atoms with Crippen LogP contribution in [0.5, 0.6) is 11.5 Å². The summed E-state index contributed by atoms with van der Waals surface area (Å²) in [6, 6.07) is 22.0. The van der Waals surface area contributed by atoms with E-state index >= 15 is 0 Å². The van der Waals surface area contributed by atoms with E-state index in [9.17, 15) is 20.2 Å². The zero-order valence-corrected chi connectivity index (χ0v) is 17.1. The van der Waals surface area contributed by atoms with Crippen LogP contribution in [0, 0.1) is 21.4 Å². The molecule has 8 nitrogen and oxygen atoms in total. The SMILES string of the molecule is COc1cc(/C=C(\C#N)C(=O)Nc2cccc([N+](=O)[O-])c2)ccc1OCc1ccccc1. The Hall–Kier alpha value is -4.64. The Balaban J connectivity index is 1.76. The Bertz CT molecular complexity index is 1200. The average Bonchev–Trinajstić information content (AvgIpc) is 2.82. The number of nitriles is 1. The molecule has 1 amide bonds. The van der Waals surface area contributed by atoms with Gasteiger partial charge in [-0.15, -0.1) is 0 Å². The number of anilines is 1. The van der Waals surface area contributed by atoms with Gasteiger partial charge in [0.1, 0.15) is 18.2 Å². The number of hydrogen-bond donors (Lipinski definition) is 1. The molecule has 3 rings (SSSR count). The van der Waals surface area contributed by atoms with Crippen LogP contribution in [0.3, 0.4) is 0 Å². The number of carbonyl (C=O) groups is 1. The van der Waals surface area contributed by atoms with E-state index in [-0.39, 0.29) is 16.9 Å². The van der Waals surface area contributed by atoms with Crippen molar-refractivity contribution < 1.29 is 19.2 Å². The maximum atomic E-state index is 12.5. The zero-order chi connectivity index (χ0) is 22.9. The number of ether oxygens (including phenoxy) is 2. The van der Waals surface area contributed by atoms with Gasteiger partial charge in [0.25, 0.3) is 11.6 Å². The molecule has 0 heterocycles. The number of benzene rings is 3. The first-order valence-corrected chi connectivity index (χ1v) is 9.52. The van der Waals surface area contributed by atoms with Gasteiger partial charge in [-0.05, 0) is 35.4 Å². The molecule has 0 saturated heterocycles. The van der Waals surface area contributed by atoms with Gasteiger partial charge in [-0.2, -0.15) is 5.26 Å². The summed E-state index contributed by atoms with van der Waals surface area (Å²) in [5, 5.41) is 22.8. The monoisotopic (exact) mass is 429 g/mol. The van der Waals surface area contributed by atoms with E-state index in [1.54, 1.807) is 18.2 Å². The number of nitro groups is 1. The summed E-state index contributed by atoms with van der Waals surface area (Å²) in [6.45, 7) is 0.363. The molecule has 0 fully saturated rings. The van der Waals surface area contributed by atoms with Gasteiger partial charge in [-0.1, -0.05) is 42.5 Å². The highest BCUT2D eigenvalue weighted by molar-refractivity contribution is 6.09. The van der Waals surface area contributed by atoms with E-state index in [0.717, 1.165) is 5.56 Å². The lowest BCUT2D eigenvalue weighted by Crippen LogP contribution is -2.13. The van der Waals surface area contributed by atoms with E-state index in [4.69, 9.17) is 9.47 Å². The molecular weight excluding hydrogens is 410 g/mol. The second-order valence-corrected chi connectivity index (χ2v) is 6.62. The minimum absolute atomic E-state index is 0.166. The first kappa shape index (κ1) is 22.1. The van der Waals surface area contributed by atoms with E-state index in [2.05, 4.69) is 5.32 Å². The van der Waals surface area contributed by atoms with E-state index in [1.807, 2.05) is 36.4 Å². The second-order valence-electron chi connectivity index (χ2n) is 6.62. The molecule has 0 unspecified atom stereocenters. The molecule has 0 aliphatic carbocycles. The van der Waals surface area contributed by atoms with Gasteiger partial charge in [0, 0.05) is 17.8 Å². The maximum Gasteiger partial charge on any atom is 0.271 e. The van der Waals surface area contributed by atoms with E-state index in [1.165, 1.54) is 37.5 Å². The number of amides is 1. The van der Waals surface area contributed by atoms with Crippen LogP contribution in [0.25, 0.3) is 6.08 Å². The lowest BCUT2D eigenvalue weighted by molar-refractivity contribution is -0.384. The number of nitro benzene ring substituents is 1. The van der Waals surface area contributed by atoms with Crippen molar-refractivity contribution in [2.75, 3.05) is 12.4 Å². The highest BCUT2D eigenvalue weighted by Crippen LogP contribution is 2.30. The van der Waals surface area contributed by atoms with Crippen LogP contribution < -0.4 is 14.8 Å². The Morgan fingerprint density at radius 3 is 2.56 bits per heavy atom. The number of carbonyl (C=O) groups excluding carboxylic acids is 1. The topological polar surface area (TPSA) is 114 Å². The van der Waals surface area contributed by atoms with Gasteiger partial charge in [0.15, 0.2) is 11.5 Å². The smallest absolute Gasteiger partial charge is 0.271 e. The van der Waals surface area contributed by atoms with Gasteiger partial charge in [-0.3, -0.25) is 14.9 Å². The Morgan fingerprint density at radius 1 is 1.09 bits per heavy atom. The highest BCUT2D eigenvalue weighted by atomic mass is 16.6. The summed E-state index contributed by atoms with van der Waals surface area (Å²) < 4.78 is 11.2. The van der Waals surface area contributed by atoms with Gasteiger partial charge >= 0.3 is 0 Å². The average molecular weight is 429 g/mol. The third-order valence-electron chi connectivity index (χ3n) is 4.42. The van der Waals surface area contributed by atoms with Gasteiger partial charge in [-0.25, -0.2) is 0 Å². The molecule has 0 aliphatic rings. The molecule has 32 heavy (non-hydrogen) atoms. The number of hydrogen-bond acceptors (Lipinski definition) is 6.